The molecule has 2 aliphatic heterocycles. The Kier molecular flexibility index (Phi) is 4.69. The minimum Gasteiger partial charge on any atom is -0.454 e. The van der Waals surface area contributed by atoms with Gasteiger partial charge in [-0.3, -0.25) is 4.99 Å². The van der Waals surface area contributed by atoms with Crippen molar-refractivity contribution in [2.75, 3.05) is 20.1 Å². The molecule has 4 rings (SSSR count). The molecule has 0 aromatic heterocycles. The predicted molar refractivity (Wildman–Crippen MR) is 99.8 cm³/mol. The average molecular weight is 353 g/mol. The van der Waals surface area contributed by atoms with Crippen molar-refractivity contribution in [1.82, 2.24) is 0 Å². The van der Waals surface area contributed by atoms with Gasteiger partial charge in [0.25, 0.3) is 0 Å². The fourth-order valence-electron chi connectivity index (χ4n) is 3.24. The van der Waals surface area contributed by atoms with Crippen LogP contribution in [0.5, 0.6) is 23.0 Å². The Hall–Kier alpha value is -2.69. The second-order valence-corrected chi connectivity index (χ2v) is 6.94. The van der Waals surface area contributed by atoms with Crippen molar-refractivity contribution in [3.63, 3.8) is 0 Å². The summed E-state index contributed by atoms with van der Waals surface area (Å²) in [5.41, 5.74) is 3.48. The molecule has 5 heteroatoms. The molecule has 0 N–H and O–H groups in total. The minimum absolute atomic E-state index is 0.297. The third-order valence-corrected chi connectivity index (χ3v) is 4.49. The summed E-state index contributed by atoms with van der Waals surface area (Å²) in [5, 5.41) is 0. The second kappa shape index (κ2) is 7.28. The lowest BCUT2D eigenvalue weighted by atomic mass is 9.97. The van der Waals surface area contributed by atoms with E-state index in [0.717, 1.165) is 47.9 Å². The van der Waals surface area contributed by atoms with E-state index in [0.29, 0.717) is 19.5 Å². The van der Waals surface area contributed by atoms with Gasteiger partial charge in [-0.05, 0) is 54.2 Å². The van der Waals surface area contributed by atoms with Crippen LogP contribution in [-0.2, 0) is 12.8 Å². The number of nitrogens with zero attached hydrogens (tertiary/aromatic N) is 1. The van der Waals surface area contributed by atoms with Crippen LogP contribution in [-0.4, -0.2) is 26.3 Å². The van der Waals surface area contributed by atoms with Crippen LogP contribution in [0.25, 0.3) is 0 Å². The van der Waals surface area contributed by atoms with Gasteiger partial charge in [0.15, 0.2) is 23.0 Å². The fraction of sp³-hybridized carbons (Fsp3) is 0.381. The van der Waals surface area contributed by atoms with E-state index in [1.165, 1.54) is 11.1 Å². The number of rotatable bonds is 6. The van der Waals surface area contributed by atoms with Gasteiger partial charge in [0.1, 0.15) is 0 Å². The summed E-state index contributed by atoms with van der Waals surface area (Å²) in [6.07, 6.45) is 3.75. The number of hydrogen-bond donors (Lipinski definition) is 0. The van der Waals surface area contributed by atoms with Crippen LogP contribution in [0, 0.1) is 5.92 Å². The molecule has 2 aromatic carbocycles. The molecule has 0 saturated carbocycles. The first-order valence-electron chi connectivity index (χ1n) is 9.00. The highest BCUT2D eigenvalue weighted by atomic mass is 16.7. The monoisotopic (exact) mass is 353 g/mol. The first kappa shape index (κ1) is 16.8. The lowest BCUT2D eigenvalue weighted by Gasteiger charge is -2.11. The van der Waals surface area contributed by atoms with E-state index in [1.54, 1.807) is 0 Å². The van der Waals surface area contributed by atoms with Crippen molar-refractivity contribution in [3.05, 3.63) is 47.0 Å². The van der Waals surface area contributed by atoms with Crippen LogP contribution in [0.15, 0.2) is 35.3 Å². The minimum atomic E-state index is 0.297. The van der Waals surface area contributed by atoms with E-state index in [2.05, 4.69) is 31.0 Å². The molecule has 0 radical (unpaired) electrons. The standard InChI is InChI=1S/C21H23NO4/c1-14(2)9-17-16(4-6-19-21(17)26-13-24-19)11-22-8-7-15-3-5-18-20(10-15)25-12-23-18/h3-6,10-11,14H,7-9,12-13H2,1-2H3. The molecule has 0 saturated heterocycles. The topological polar surface area (TPSA) is 49.3 Å². The number of hydrogen-bond acceptors (Lipinski definition) is 5. The van der Waals surface area contributed by atoms with Gasteiger partial charge < -0.3 is 18.9 Å². The summed E-state index contributed by atoms with van der Waals surface area (Å²) in [4.78, 5) is 4.63. The van der Waals surface area contributed by atoms with Crippen LogP contribution < -0.4 is 18.9 Å². The zero-order valence-corrected chi connectivity index (χ0v) is 15.2. The molecule has 2 aromatic rings. The first-order chi connectivity index (χ1) is 12.7. The van der Waals surface area contributed by atoms with Crippen molar-refractivity contribution >= 4 is 6.21 Å². The third-order valence-electron chi connectivity index (χ3n) is 4.49. The lowest BCUT2D eigenvalue weighted by Crippen LogP contribution is -2.02. The van der Waals surface area contributed by atoms with Gasteiger partial charge in [0, 0.05) is 18.3 Å². The highest BCUT2D eigenvalue weighted by molar-refractivity contribution is 5.84. The molecule has 5 nitrogen and oxygen atoms in total. The number of fused-ring (bicyclic) bond motifs is 2. The molecular formula is C21H23NO4. The molecule has 0 fully saturated rings. The van der Waals surface area contributed by atoms with Crippen LogP contribution in [0.3, 0.4) is 0 Å². The Morgan fingerprint density at radius 1 is 0.962 bits per heavy atom. The molecule has 2 heterocycles. The Morgan fingerprint density at radius 3 is 2.62 bits per heavy atom. The molecule has 0 unspecified atom stereocenters. The number of ether oxygens (including phenoxy) is 4. The van der Waals surface area contributed by atoms with Gasteiger partial charge >= 0.3 is 0 Å². The SMILES string of the molecule is CC(C)Cc1c(C=NCCc2ccc3c(c2)OCO3)ccc2c1OCO2. The van der Waals surface area contributed by atoms with Gasteiger partial charge in [0.2, 0.25) is 13.6 Å². The van der Waals surface area contributed by atoms with Crippen molar-refractivity contribution in [2.24, 2.45) is 10.9 Å². The maximum Gasteiger partial charge on any atom is 0.231 e. The average Bonchev–Trinajstić information content (AvgIpc) is 3.28. The van der Waals surface area contributed by atoms with Gasteiger partial charge in [-0.15, -0.1) is 0 Å². The van der Waals surface area contributed by atoms with Gasteiger partial charge in [-0.2, -0.15) is 0 Å². The van der Waals surface area contributed by atoms with E-state index in [9.17, 15) is 0 Å². The summed E-state index contributed by atoms with van der Waals surface area (Å²) in [7, 11) is 0. The molecule has 0 spiro atoms. The van der Waals surface area contributed by atoms with Gasteiger partial charge in [-0.1, -0.05) is 19.9 Å². The summed E-state index contributed by atoms with van der Waals surface area (Å²) in [6.45, 7) is 5.73. The zero-order valence-electron chi connectivity index (χ0n) is 15.2. The van der Waals surface area contributed by atoms with E-state index in [1.807, 2.05) is 24.4 Å². The molecule has 0 amide bonds. The molecular weight excluding hydrogens is 330 g/mol. The Morgan fingerprint density at radius 2 is 1.73 bits per heavy atom. The maximum atomic E-state index is 5.68. The fourth-order valence-corrected chi connectivity index (χ4v) is 3.24. The normalized spacial score (nSPS) is 14.6. The molecule has 136 valence electrons. The quantitative estimate of drug-likeness (QED) is 0.737. The molecule has 0 bridgehead atoms. The summed E-state index contributed by atoms with van der Waals surface area (Å²) >= 11 is 0. The summed E-state index contributed by atoms with van der Waals surface area (Å²) in [5.74, 6) is 3.88. The Balaban J connectivity index is 1.45. The zero-order chi connectivity index (χ0) is 17.9. The highest BCUT2D eigenvalue weighted by Gasteiger charge is 2.20. The van der Waals surface area contributed by atoms with E-state index in [4.69, 9.17) is 18.9 Å². The van der Waals surface area contributed by atoms with Crippen molar-refractivity contribution in [1.29, 1.82) is 0 Å². The van der Waals surface area contributed by atoms with Crippen LogP contribution >= 0.6 is 0 Å². The van der Waals surface area contributed by atoms with E-state index >= 15 is 0 Å². The van der Waals surface area contributed by atoms with Crippen molar-refractivity contribution in [2.45, 2.75) is 26.7 Å². The summed E-state index contributed by atoms with van der Waals surface area (Å²) in [6, 6.07) is 10.1. The lowest BCUT2D eigenvalue weighted by molar-refractivity contribution is 0.173. The molecule has 0 atom stereocenters. The Labute approximate surface area is 153 Å². The van der Waals surface area contributed by atoms with E-state index in [-0.39, 0.29) is 0 Å². The number of aliphatic imine (C=N–C) groups is 1. The smallest absolute Gasteiger partial charge is 0.231 e. The molecule has 26 heavy (non-hydrogen) atoms. The van der Waals surface area contributed by atoms with Gasteiger partial charge in [0.05, 0.1) is 0 Å². The predicted octanol–water partition coefficient (Wildman–Crippen LogP) is 4.00. The van der Waals surface area contributed by atoms with Gasteiger partial charge in [-0.25, -0.2) is 0 Å². The van der Waals surface area contributed by atoms with Crippen LogP contribution in [0.1, 0.15) is 30.5 Å². The maximum absolute atomic E-state index is 5.68. The third kappa shape index (κ3) is 3.47. The second-order valence-electron chi connectivity index (χ2n) is 6.94. The molecule has 0 aliphatic carbocycles. The number of benzene rings is 2. The van der Waals surface area contributed by atoms with E-state index < -0.39 is 0 Å². The highest BCUT2D eigenvalue weighted by Crippen LogP contribution is 2.38. The summed E-state index contributed by atoms with van der Waals surface area (Å²) < 4.78 is 22.0. The van der Waals surface area contributed by atoms with Crippen LogP contribution in [0.2, 0.25) is 0 Å². The first-order valence-corrected chi connectivity index (χ1v) is 9.00. The van der Waals surface area contributed by atoms with Crippen LogP contribution in [0.4, 0.5) is 0 Å². The van der Waals surface area contributed by atoms with Crippen molar-refractivity contribution < 1.29 is 18.9 Å². The van der Waals surface area contributed by atoms with Crippen molar-refractivity contribution in [3.8, 4) is 23.0 Å². The molecule has 2 aliphatic rings. The largest absolute Gasteiger partial charge is 0.454 e. The Bertz CT molecular complexity index is 829.